The van der Waals surface area contributed by atoms with Gasteiger partial charge in [-0.05, 0) is 34.8 Å². The second-order valence-corrected chi connectivity index (χ2v) is 9.32. The van der Waals surface area contributed by atoms with E-state index in [0.717, 1.165) is 0 Å². The Morgan fingerprint density at radius 1 is 0.783 bits per heavy atom. The quantitative estimate of drug-likeness (QED) is 0.479. The van der Waals surface area contributed by atoms with E-state index in [0.29, 0.717) is 0 Å². The van der Waals surface area contributed by atoms with Gasteiger partial charge in [-0.3, -0.25) is 9.59 Å². The fourth-order valence-corrected chi connectivity index (χ4v) is 3.92. The zero-order chi connectivity index (χ0) is 17.7. The molecule has 0 N–H and O–H groups in total. The van der Waals surface area contributed by atoms with E-state index in [9.17, 15) is 9.59 Å². The highest BCUT2D eigenvalue weighted by atomic mass is 35.5. The van der Waals surface area contributed by atoms with Crippen molar-refractivity contribution in [1.29, 1.82) is 0 Å². The first kappa shape index (κ1) is 19.1. The van der Waals surface area contributed by atoms with Gasteiger partial charge in [0.2, 0.25) is 0 Å². The van der Waals surface area contributed by atoms with E-state index in [4.69, 9.17) is 51.1 Å². The molecule has 2 aliphatic rings. The molecule has 0 aromatic rings. The van der Waals surface area contributed by atoms with Crippen molar-refractivity contribution in [3.63, 3.8) is 0 Å². The summed E-state index contributed by atoms with van der Waals surface area (Å²) in [6, 6.07) is 0. The Morgan fingerprint density at radius 2 is 1.09 bits per heavy atom. The van der Waals surface area contributed by atoms with Gasteiger partial charge in [0, 0.05) is 0 Å². The highest BCUT2D eigenvalue weighted by Crippen LogP contribution is 2.62. The van der Waals surface area contributed by atoms with Gasteiger partial charge >= 0.3 is 11.9 Å². The first-order chi connectivity index (χ1) is 10.4. The molecule has 0 aromatic heterocycles. The maximum Gasteiger partial charge on any atom is 0.317 e. The number of hydrogen-bond donors (Lipinski definition) is 0. The zero-order valence-electron chi connectivity index (χ0n) is 13.2. The summed E-state index contributed by atoms with van der Waals surface area (Å²) in [6.45, 7) is 7.62. The van der Waals surface area contributed by atoms with Crippen LogP contribution in [0, 0.1) is 34.5 Å². The SMILES string of the molecule is CC1(C)[C@H](C=C(Cl)Cl)[C@@H]1C(=O)OC(=O)[C@H]1[C@@H](C=C(Cl)Cl)C1(C)C. The molecule has 0 heterocycles. The Morgan fingerprint density at radius 3 is 1.35 bits per heavy atom. The second kappa shape index (κ2) is 6.25. The summed E-state index contributed by atoms with van der Waals surface area (Å²) >= 11 is 22.6. The van der Waals surface area contributed by atoms with Crippen LogP contribution in [0.3, 0.4) is 0 Å². The van der Waals surface area contributed by atoms with Crippen molar-refractivity contribution in [2.45, 2.75) is 27.7 Å². The standard InChI is InChI=1S/C16H18Cl4O3/c1-15(2)7(5-9(17)18)11(15)13(21)23-14(22)12-8(6-10(19)20)16(12,3)4/h5-8,11-12H,1-4H3/t7-,8-,11-,12-/m1/s1. The molecular weight excluding hydrogens is 382 g/mol. The fraction of sp³-hybridized carbons (Fsp3) is 0.625. The number of halogens is 4. The number of rotatable bonds is 4. The average Bonchev–Trinajstić information content (AvgIpc) is 3.08. The number of carbonyl (C=O) groups excluding carboxylic acids is 2. The third-order valence-corrected chi connectivity index (χ3v) is 5.65. The van der Waals surface area contributed by atoms with Gasteiger partial charge in [0.25, 0.3) is 0 Å². The van der Waals surface area contributed by atoms with Crippen LogP contribution in [-0.2, 0) is 14.3 Å². The lowest BCUT2D eigenvalue weighted by Gasteiger charge is -2.05. The monoisotopic (exact) mass is 398 g/mol. The highest BCUT2D eigenvalue weighted by molar-refractivity contribution is 6.56. The van der Waals surface area contributed by atoms with E-state index in [1.165, 1.54) is 0 Å². The van der Waals surface area contributed by atoms with E-state index in [1.54, 1.807) is 12.2 Å². The molecule has 0 bridgehead atoms. The molecule has 0 saturated heterocycles. The van der Waals surface area contributed by atoms with Crippen molar-refractivity contribution in [2.24, 2.45) is 34.5 Å². The molecule has 2 aliphatic carbocycles. The van der Waals surface area contributed by atoms with Crippen LogP contribution in [0.1, 0.15) is 27.7 Å². The van der Waals surface area contributed by atoms with Crippen LogP contribution in [0.15, 0.2) is 21.1 Å². The number of carbonyl (C=O) groups is 2. The summed E-state index contributed by atoms with van der Waals surface area (Å²) < 4.78 is 5.30. The lowest BCUT2D eigenvalue weighted by molar-refractivity contribution is -0.162. The minimum absolute atomic E-state index is 0.106. The zero-order valence-corrected chi connectivity index (χ0v) is 16.2. The maximum atomic E-state index is 12.3. The van der Waals surface area contributed by atoms with Gasteiger partial charge < -0.3 is 4.74 Å². The highest BCUT2D eigenvalue weighted by Gasteiger charge is 2.65. The molecule has 2 fully saturated rings. The van der Waals surface area contributed by atoms with Crippen molar-refractivity contribution in [3.8, 4) is 0 Å². The molecule has 2 saturated carbocycles. The summed E-state index contributed by atoms with van der Waals surface area (Å²) in [5, 5.41) is 0. The maximum absolute atomic E-state index is 12.3. The third kappa shape index (κ3) is 3.73. The van der Waals surface area contributed by atoms with Gasteiger partial charge in [-0.2, -0.15) is 0 Å². The Labute approximate surface area is 155 Å². The van der Waals surface area contributed by atoms with Crippen molar-refractivity contribution >= 4 is 58.3 Å². The fourth-order valence-electron chi connectivity index (χ4n) is 3.38. The van der Waals surface area contributed by atoms with Crippen molar-refractivity contribution in [3.05, 3.63) is 21.1 Å². The Balaban J connectivity index is 2.01. The topological polar surface area (TPSA) is 43.4 Å². The van der Waals surface area contributed by atoms with E-state index in [-0.39, 0.29) is 31.6 Å². The van der Waals surface area contributed by atoms with E-state index in [1.807, 2.05) is 27.7 Å². The molecule has 2 rings (SSSR count). The molecule has 4 atom stereocenters. The normalized spacial score (nSPS) is 32.5. The molecule has 23 heavy (non-hydrogen) atoms. The number of allylic oxidation sites excluding steroid dienone is 2. The second-order valence-electron chi connectivity index (χ2n) is 7.30. The van der Waals surface area contributed by atoms with Crippen molar-refractivity contribution in [1.82, 2.24) is 0 Å². The summed E-state index contributed by atoms with van der Waals surface area (Å²) in [4.78, 5) is 24.5. The van der Waals surface area contributed by atoms with Crippen LogP contribution in [0.4, 0.5) is 0 Å². The predicted molar refractivity (Wildman–Crippen MR) is 92.2 cm³/mol. The van der Waals surface area contributed by atoms with Gasteiger partial charge in [0.15, 0.2) is 0 Å². The summed E-state index contributed by atoms with van der Waals surface area (Å²) in [5.41, 5.74) is -0.658. The lowest BCUT2D eigenvalue weighted by Crippen LogP contribution is -2.19. The lowest BCUT2D eigenvalue weighted by atomic mass is 10.1. The number of ether oxygens (including phenoxy) is 1. The molecule has 3 nitrogen and oxygen atoms in total. The van der Waals surface area contributed by atoms with Gasteiger partial charge in [0.1, 0.15) is 8.98 Å². The molecule has 128 valence electrons. The summed E-state index contributed by atoms with van der Waals surface area (Å²) in [7, 11) is 0. The minimum atomic E-state index is -0.543. The van der Waals surface area contributed by atoms with Gasteiger partial charge in [-0.1, -0.05) is 74.1 Å². The molecule has 0 amide bonds. The largest absolute Gasteiger partial charge is 0.393 e. The van der Waals surface area contributed by atoms with Crippen LogP contribution < -0.4 is 0 Å². The first-order valence-electron chi connectivity index (χ1n) is 7.22. The van der Waals surface area contributed by atoms with Gasteiger partial charge in [-0.25, -0.2) is 0 Å². The molecular formula is C16H18Cl4O3. The van der Waals surface area contributed by atoms with Crippen LogP contribution in [-0.4, -0.2) is 11.9 Å². The molecule has 0 spiro atoms. The van der Waals surface area contributed by atoms with E-state index >= 15 is 0 Å². The number of hydrogen-bond acceptors (Lipinski definition) is 3. The Bertz CT molecular complexity index is 546. The van der Waals surface area contributed by atoms with Crippen LogP contribution in [0.5, 0.6) is 0 Å². The first-order valence-corrected chi connectivity index (χ1v) is 8.73. The molecule has 0 aliphatic heterocycles. The minimum Gasteiger partial charge on any atom is -0.393 e. The number of esters is 2. The smallest absolute Gasteiger partial charge is 0.317 e. The summed E-state index contributed by atoms with van der Waals surface area (Å²) in [6.07, 6.45) is 3.22. The molecule has 0 unspecified atom stereocenters. The van der Waals surface area contributed by atoms with Crippen molar-refractivity contribution in [2.75, 3.05) is 0 Å². The van der Waals surface area contributed by atoms with Crippen LogP contribution in [0.25, 0.3) is 0 Å². The third-order valence-electron chi connectivity index (χ3n) is 5.14. The molecule has 0 aromatic carbocycles. The van der Waals surface area contributed by atoms with Crippen LogP contribution >= 0.6 is 46.4 Å². The Kier molecular flexibility index (Phi) is 5.20. The predicted octanol–water partition coefficient (Wildman–Crippen LogP) is 5.24. The molecule has 7 heteroatoms. The molecule has 0 radical (unpaired) electrons. The summed E-state index contributed by atoms with van der Waals surface area (Å²) in [5.74, 6) is -2.20. The van der Waals surface area contributed by atoms with Crippen LogP contribution in [0.2, 0.25) is 0 Å². The Hall–Kier alpha value is -0.220. The van der Waals surface area contributed by atoms with E-state index < -0.39 is 23.8 Å². The van der Waals surface area contributed by atoms with Gasteiger partial charge in [0.05, 0.1) is 11.8 Å². The average molecular weight is 400 g/mol. The van der Waals surface area contributed by atoms with Crippen molar-refractivity contribution < 1.29 is 14.3 Å². The van der Waals surface area contributed by atoms with Gasteiger partial charge in [-0.15, -0.1) is 0 Å². The van der Waals surface area contributed by atoms with E-state index in [2.05, 4.69) is 0 Å².